The van der Waals surface area contributed by atoms with Gasteiger partial charge in [-0.2, -0.15) is 0 Å². The summed E-state index contributed by atoms with van der Waals surface area (Å²) in [4.78, 5) is 19.2. The normalized spacial score (nSPS) is 22.8. The number of rotatable bonds is 7. The zero-order chi connectivity index (χ0) is 22.5. The van der Waals surface area contributed by atoms with Crippen molar-refractivity contribution in [2.24, 2.45) is 0 Å². The molecule has 6 heteroatoms. The number of likely N-dealkylation sites (tertiary alicyclic amines) is 1. The van der Waals surface area contributed by atoms with Gasteiger partial charge in [0.15, 0.2) is 0 Å². The van der Waals surface area contributed by atoms with Gasteiger partial charge in [-0.15, -0.1) is 0 Å². The summed E-state index contributed by atoms with van der Waals surface area (Å²) in [5.41, 5.74) is 6.18. The highest BCUT2D eigenvalue weighted by Gasteiger charge is 2.29. The highest BCUT2D eigenvalue weighted by atomic mass is 16.5. The first-order valence-electron chi connectivity index (χ1n) is 11.8. The van der Waals surface area contributed by atoms with Gasteiger partial charge in [0.25, 0.3) is 5.91 Å². The van der Waals surface area contributed by atoms with Gasteiger partial charge in [-0.05, 0) is 68.6 Å². The van der Waals surface area contributed by atoms with E-state index in [4.69, 9.17) is 5.21 Å². The SMILES string of the molecule is C[C@@H]1CN(Cc2cccc(CN3CCCC3)c2)C[C@H](C)N1Cc1ccc(C(=O)NO)cc1. The molecule has 4 rings (SSSR count). The van der Waals surface area contributed by atoms with E-state index in [1.807, 2.05) is 12.1 Å². The van der Waals surface area contributed by atoms with Gasteiger partial charge in [0.05, 0.1) is 0 Å². The smallest absolute Gasteiger partial charge is 0.274 e. The fourth-order valence-electron chi connectivity index (χ4n) is 5.23. The van der Waals surface area contributed by atoms with Crippen LogP contribution < -0.4 is 5.48 Å². The predicted molar refractivity (Wildman–Crippen MR) is 126 cm³/mol. The minimum absolute atomic E-state index is 0.451. The van der Waals surface area contributed by atoms with Gasteiger partial charge < -0.3 is 0 Å². The molecule has 32 heavy (non-hydrogen) atoms. The molecule has 2 heterocycles. The van der Waals surface area contributed by atoms with Crippen LogP contribution in [-0.2, 0) is 19.6 Å². The molecule has 0 spiro atoms. The Balaban J connectivity index is 1.33. The van der Waals surface area contributed by atoms with Crippen molar-refractivity contribution < 1.29 is 10.0 Å². The lowest BCUT2D eigenvalue weighted by Crippen LogP contribution is -2.55. The molecular formula is C26H36N4O2. The summed E-state index contributed by atoms with van der Waals surface area (Å²) in [7, 11) is 0. The fourth-order valence-corrected chi connectivity index (χ4v) is 5.23. The van der Waals surface area contributed by atoms with Gasteiger partial charge in [0.2, 0.25) is 0 Å². The van der Waals surface area contributed by atoms with Crippen molar-refractivity contribution in [1.29, 1.82) is 0 Å². The molecule has 2 N–H and O–H groups in total. The Morgan fingerprint density at radius 1 is 0.875 bits per heavy atom. The molecule has 1 amide bonds. The first kappa shape index (κ1) is 22.9. The summed E-state index contributed by atoms with van der Waals surface area (Å²) in [6, 6.07) is 17.5. The minimum atomic E-state index is -0.476. The van der Waals surface area contributed by atoms with Crippen LogP contribution in [0, 0.1) is 0 Å². The van der Waals surface area contributed by atoms with E-state index in [0.29, 0.717) is 17.6 Å². The average molecular weight is 437 g/mol. The molecule has 0 bridgehead atoms. The molecule has 0 radical (unpaired) electrons. The molecule has 2 fully saturated rings. The minimum Gasteiger partial charge on any atom is -0.299 e. The van der Waals surface area contributed by atoms with Crippen molar-refractivity contribution in [2.45, 2.75) is 58.4 Å². The maximum Gasteiger partial charge on any atom is 0.274 e. The molecule has 2 aromatic carbocycles. The Kier molecular flexibility index (Phi) is 7.58. The summed E-state index contributed by atoms with van der Waals surface area (Å²) in [6.45, 7) is 12.1. The molecule has 0 unspecified atom stereocenters. The topological polar surface area (TPSA) is 59.0 Å². The molecule has 2 aromatic rings. The summed E-state index contributed by atoms with van der Waals surface area (Å²) in [6.07, 6.45) is 2.67. The van der Waals surface area contributed by atoms with Crippen molar-refractivity contribution in [3.05, 3.63) is 70.8 Å². The maximum absolute atomic E-state index is 11.5. The van der Waals surface area contributed by atoms with Gasteiger partial charge in [-0.25, -0.2) is 5.48 Å². The first-order chi connectivity index (χ1) is 15.5. The highest BCUT2D eigenvalue weighted by Crippen LogP contribution is 2.22. The van der Waals surface area contributed by atoms with Crippen LogP contribution in [0.2, 0.25) is 0 Å². The predicted octanol–water partition coefficient (Wildman–Crippen LogP) is 3.50. The Bertz CT molecular complexity index is 883. The zero-order valence-corrected chi connectivity index (χ0v) is 19.3. The third-order valence-electron chi connectivity index (χ3n) is 6.86. The first-order valence-corrected chi connectivity index (χ1v) is 11.8. The number of amides is 1. The lowest BCUT2D eigenvalue weighted by Gasteiger charge is -2.44. The van der Waals surface area contributed by atoms with Crippen molar-refractivity contribution >= 4 is 5.91 Å². The van der Waals surface area contributed by atoms with Gasteiger partial charge in [0.1, 0.15) is 0 Å². The monoisotopic (exact) mass is 436 g/mol. The quantitative estimate of drug-likeness (QED) is 0.514. The van der Waals surface area contributed by atoms with E-state index < -0.39 is 5.91 Å². The summed E-state index contributed by atoms with van der Waals surface area (Å²) < 4.78 is 0. The number of hydrogen-bond donors (Lipinski definition) is 2. The van der Waals surface area contributed by atoms with Gasteiger partial charge >= 0.3 is 0 Å². The van der Waals surface area contributed by atoms with Crippen LogP contribution in [0.25, 0.3) is 0 Å². The number of piperazine rings is 1. The van der Waals surface area contributed by atoms with E-state index in [9.17, 15) is 4.79 Å². The lowest BCUT2D eigenvalue weighted by atomic mass is 10.0. The number of nitrogens with zero attached hydrogens (tertiary/aromatic N) is 3. The van der Waals surface area contributed by atoms with Crippen LogP contribution in [0.3, 0.4) is 0 Å². The summed E-state index contributed by atoms with van der Waals surface area (Å²) in [5.74, 6) is -0.476. The van der Waals surface area contributed by atoms with Crippen LogP contribution >= 0.6 is 0 Å². The molecule has 0 aromatic heterocycles. The van der Waals surface area contributed by atoms with E-state index in [1.165, 1.54) is 42.6 Å². The average Bonchev–Trinajstić information content (AvgIpc) is 3.29. The van der Waals surface area contributed by atoms with Crippen LogP contribution in [0.4, 0.5) is 0 Å². The number of benzene rings is 2. The molecule has 6 nitrogen and oxygen atoms in total. The molecule has 172 valence electrons. The van der Waals surface area contributed by atoms with E-state index >= 15 is 0 Å². The van der Waals surface area contributed by atoms with Crippen molar-refractivity contribution in [3.8, 4) is 0 Å². The molecule has 2 atom stereocenters. The van der Waals surface area contributed by atoms with Crippen LogP contribution in [0.5, 0.6) is 0 Å². The third-order valence-corrected chi connectivity index (χ3v) is 6.86. The van der Waals surface area contributed by atoms with Crippen LogP contribution in [0.1, 0.15) is 53.7 Å². The van der Waals surface area contributed by atoms with Gasteiger partial charge in [-0.1, -0.05) is 36.4 Å². The van der Waals surface area contributed by atoms with Gasteiger partial charge in [-0.3, -0.25) is 24.7 Å². The Hall–Kier alpha value is -2.25. The number of hydrogen-bond acceptors (Lipinski definition) is 5. The Morgan fingerprint density at radius 2 is 1.47 bits per heavy atom. The molecule has 2 saturated heterocycles. The Labute approximate surface area is 191 Å². The van der Waals surface area contributed by atoms with E-state index in [0.717, 1.165) is 32.7 Å². The largest absolute Gasteiger partial charge is 0.299 e. The highest BCUT2D eigenvalue weighted by molar-refractivity contribution is 5.93. The second-order valence-electron chi connectivity index (χ2n) is 9.51. The van der Waals surface area contributed by atoms with Crippen LogP contribution in [-0.4, -0.2) is 64.1 Å². The van der Waals surface area contributed by atoms with Crippen molar-refractivity contribution in [1.82, 2.24) is 20.2 Å². The molecule has 2 aliphatic heterocycles. The zero-order valence-electron chi connectivity index (χ0n) is 19.3. The van der Waals surface area contributed by atoms with Gasteiger partial charge in [0, 0.05) is 50.4 Å². The molecular weight excluding hydrogens is 400 g/mol. The van der Waals surface area contributed by atoms with Crippen LogP contribution in [0.15, 0.2) is 48.5 Å². The second kappa shape index (κ2) is 10.6. The second-order valence-corrected chi connectivity index (χ2v) is 9.51. The van der Waals surface area contributed by atoms with E-state index in [1.54, 1.807) is 17.6 Å². The summed E-state index contributed by atoms with van der Waals surface area (Å²) >= 11 is 0. The number of carbonyl (C=O) groups excluding carboxylic acids is 1. The van der Waals surface area contributed by atoms with E-state index in [2.05, 4.69) is 52.8 Å². The fraction of sp³-hybridized carbons (Fsp3) is 0.500. The number of hydroxylamine groups is 1. The van der Waals surface area contributed by atoms with Crippen molar-refractivity contribution in [3.63, 3.8) is 0 Å². The maximum atomic E-state index is 11.5. The molecule has 0 aliphatic carbocycles. The Morgan fingerprint density at radius 3 is 2.06 bits per heavy atom. The number of carbonyl (C=O) groups is 1. The molecule has 2 aliphatic rings. The third kappa shape index (κ3) is 5.75. The van der Waals surface area contributed by atoms with E-state index in [-0.39, 0.29) is 0 Å². The summed E-state index contributed by atoms with van der Waals surface area (Å²) in [5, 5.41) is 8.78. The molecule has 0 saturated carbocycles. The lowest BCUT2D eigenvalue weighted by molar-refractivity contribution is 0.0290. The number of nitrogens with one attached hydrogen (secondary N) is 1. The standard InChI is InChI=1S/C26H36N4O2/c1-20-15-29(18-24-7-5-6-23(14-24)17-28-12-3-4-13-28)16-21(2)30(20)19-22-8-10-25(11-9-22)26(31)27-32/h5-11,14,20-21,32H,3-4,12-13,15-19H2,1-2H3,(H,27,31)/t20-,21+. The van der Waals surface area contributed by atoms with Crippen molar-refractivity contribution in [2.75, 3.05) is 26.2 Å².